The number of amides is 3. The molecule has 49 heavy (non-hydrogen) atoms. The zero-order chi connectivity index (χ0) is 35.6. The fourth-order valence-corrected chi connectivity index (χ4v) is 8.37. The minimum Gasteiger partial charge on any atom is -0.445 e. The quantitative estimate of drug-likeness (QED) is 0.119. The average molecular weight is 728 g/mol. The molecule has 0 saturated carbocycles. The van der Waals surface area contributed by atoms with Crippen LogP contribution in [0.1, 0.15) is 46.1 Å². The first kappa shape index (κ1) is 38.2. The lowest BCUT2D eigenvalue weighted by atomic mass is 10.0. The number of likely N-dealkylation sites (tertiary alicyclic amines) is 1. The van der Waals surface area contributed by atoms with Crippen molar-refractivity contribution in [3.8, 4) is 11.5 Å². The van der Waals surface area contributed by atoms with Crippen molar-refractivity contribution in [3.63, 3.8) is 0 Å². The molecular weight excluding hydrogens is 682 g/mol. The summed E-state index contributed by atoms with van der Waals surface area (Å²) in [7, 11) is -4.12. The SMILES string of the molecule is CSc1ccc(OP(=O)(Oc2ccc(SC)cc2)C(NC(=O)C2CCCN2C(=O)C(NC(=O)OCc2ccccc2)C(C)C)C(C)C)cc1. The van der Waals surface area contributed by atoms with Crippen LogP contribution < -0.4 is 19.7 Å². The van der Waals surface area contributed by atoms with Crippen LogP contribution in [0.25, 0.3) is 0 Å². The van der Waals surface area contributed by atoms with E-state index in [4.69, 9.17) is 13.8 Å². The summed E-state index contributed by atoms with van der Waals surface area (Å²) in [5, 5.41) is 5.66. The molecule has 1 aliphatic rings. The van der Waals surface area contributed by atoms with Gasteiger partial charge in [-0.15, -0.1) is 23.5 Å². The first-order valence-electron chi connectivity index (χ1n) is 16.3. The summed E-state index contributed by atoms with van der Waals surface area (Å²) >= 11 is 3.14. The van der Waals surface area contributed by atoms with Crippen LogP contribution in [-0.4, -0.2) is 59.7 Å². The second kappa shape index (κ2) is 17.9. The van der Waals surface area contributed by atoms with Gasteiger partial charge in [-0.1, -0.05) is 58.0 Å². The van der Waals surface area contributed by atoms with Crippen molar-refractivity contribution in [1.82, 2.24) is 15.5 Å². The summed E-state index contributed by atoms with van der Waals surface area (Å²) < 4.78 is 32.5. The van der Waals surface area contributed by atoms with Gasteiger partial charge < -0.3 is 29.3 Å². The van der Waals surface area contributed by atoms with E-state index in [2.05, 4.69) is 10.6 Å². The third kappa shape index (κ3) is 10.4. The van der Waals surface area contributed by atoms with Crippen molar-refractivity contribution in [2.45, 2.75) is 74.8 Å². The summed E-state index contributed by atoms with van der Waals surface area (Å²) in [6.07, 6.45) is 4.20. The number of nitrogens with zero attached hydrogens (tertiary/aromatic N) is 1. The molecule has 0 aromatic heterocycles. The minimum absolute atomic E-state index is 0.0602. The van der Waals surface area contributed by atoms with Gasteiger partial charge in [0, 0.05) is 16.3 Å². The number of hydrogen-bond acceptors (Lipinski definition) is 9. The van der Waals surface area contributed by atoms with Gasteiger partial charge in [0.05, 0.1) is 0 Å². The Balaban J connectivity index is 1.53. The maximum Gasteiger partial charge on any atom is 0.453 e. The molecule has 1 heterocycles. The highest BCUT2D eigenvalue weighted by atomic mass is 32.2. The Morgan fingerprint density at radius 3 is 1.86 bits per heavy atom. The maximum absolute atomic E-state index is 14.8. The van der Waals surface area contributed by atoms with Gasteiger partial charge in [0.15, 0.2) is 5.78 Å². The van der Waals surface area contributed by atoms with Gasteiger partial charge in [0.25, 0.3) is 0 Å². The molecule has 2 N–H and O–H groups in total. The van der Waals surface area contributed by atoms with Gasteiger partial charge in [0.2, 0.25) is 11.8 Å². The zero-order valence-corrected chi connectivity index (χ0v) is 31.3. The lowest BCUT2D eigenvalue weighted by molar-refractivity contribution is -0.141. The Kier molecular flexibility index (Phi) is 13.9. The molecule has 0 bridgehead atoms. The van der Waals surface area contributed by atoms with Crippen LogP contribution in [0.15, 0.2) is 88.7 Å². The van der Waals surface area contributed by atoms with Gasteiger partial charge in [-0.2, -0.15) is 0 Å². The molecular formula is C36H46N3O7PS2. The number of nitrogens with one attached hydrogen (secondary N) is 2. The van der Waals surface area contributed by atoms with Crippen molar-refractivity contribution in [2.24, 2.45) is 11.8 Å². The lowest BCUT2D eigenvalue weighted by Gasteiger charge is -2.33. The van der Waals surface area contributed by atoms with E-state index in [-0.39, 0.29) is 24.3 Å². The highest BCUT2D eigenvalue weighted by Gasteiger charge is 2.46. The molecule has 1 saturated heterocycles. The molecule has 1 aliphatic heterocycles. The molecule has 3 unspecified atom stereocenters. The fraction of sp³-hybridized carbons (Fsp3) is 0.417. The normalized spacial score (nSPS) is 15.8. The molecule has 3 aromatic rings. The number of carbonyl (C=O) groups excluding carboxylic acids is 3. The van der Waals surface area contributed by atoms with Gasteiger partial charge >= 0.3 is 13.7 Å². The van der Waals surface area contributed by atoms with Crippen LogP contribution in [-0.2, 0) is 25.5 Å². The molecule has 0 radical (unpaired) electrons. The number of carbonyl (C=O) groups is 3. The van der Waals surface area contributed by atoms with E-state index in [0.29, 0.717) is 30.9 Å². The minimum atomic E-state index is -4.12. The summed E-state index contributed by atoms with van der Waals surface area (Å²) in [5.41, 5.74) is 0.820. The van der Waals surface area contributed by atoms with Gasteiger partial charge in [0.1, 0.15) is 30.2 Å². The smallest absolute Gasteiger partial charge is 0.445 e. The van der Waals surface area contributed by atoms with E-state index < -0.39 is 37.5 Å². The van der Waals surface area contributed by atoms with E-state index in [9.17, 15) is 18.9 Å². The molecule has 0 aliphatic carbocycles. The zero-order valence-electron chi connectivity index (χ0n) is 28.8. The van der Waals surface area contributed by atoms with Crippen molar-refractivity contribution < 1.29 is 32.7 Å². The van der Waals surface area contributed by atoms with E-state index in [0.717, 1.165) is 15.4 Å². The Hall–Kier alpha value is -3.60. The van der Waals surface area contributed by atoms with Crippen LogP contribution >= 0.6 is 31.1 Å². The molecule has 3 amide bonds. The van der Waals surface area contributed by atoms with Gasteiger partial charge in [-0.25, -0.2) is 9.36 Å². The number of thioether (sulfide) groups is 2. The van der Waals surface area contributed by atoms with Crippen LogP contribution in [0, 0.1) is 11.8 Å². The fourth-order valence-electron chi connectivity index (χ4n) is 5.44. The second-order valence-electron chi connectivity index (χ2n) is 12.4. The Morgan fingerprint density at radius 2 is 1.37 bits per heavy atom. The monoisotopic (exact) mass is 727 g/mol. The van der Waals surface area contributed by atoms with E-state index in [1.165, 1.54) is 4.90 Å². The van der Waals surface area contributed by atoms with Crippen molar-refractivity contribution in [2.75, 3.05) is 19.1 Å². The molecule has 3 atom stereocenters. The van der Waals surface area contributed by atoms with Crippen LogP contribution in [0.3, 0.4) is 0 Å². The Morgan fingerprint density at radius 1 is 0.816 bits per heavy atom. The number of ether oxygens (including phenoxy) is 1. The largest absolute Gasteiger partial charge is 0.453 e. The maximum atomic E-state index is 14.8. The first-order chi connectivity index (χ1) is 23.4. The molecule has 13 heteroatoms. The van der Waals surface area contributed by atoms with Crippen LogP contribution in [0.5, 0.6) is 11.5 Å². The molecule has 1 fully saturated rings. The van der Waals surface area contributed by atoms with Crippen LogP contribution in [0.2, 0.25) is 0 Å². The number of benzene rings is 3. The first-order valence-corrected chi connectivity index (χ1v) is 20.3. The topological polar surface area (TPSA) is 123 Å². The second-order valence-corrected chi connectivity index (χ2v) is 16.1. The Labute approximate surface area is 298 Å². The summed E-state index contributed by atoms with van der Waals surface area (Å²) in [4.78, 5) is 44.1. The van der Waals surface area contributed by atoms with E-state index >= 15 is 0 Å². The molecule has 10 nitrogen and oxygen atoms in total. The van der Waals surface area contributed by atoms with E-state index in [1.807, 2.05) is 94.8 Å². The summed E-state index contributed by atoms with van der Waals surface area (Å²) in [6, 6.07) is 21.8. The van der Waals surface area contributed by atoms with Gasteiger partial charge in [-0.3, -0.25) is 9.59 Å². The standard InChI is InChI=1S/C36H46N3O7PS2/c1-24(2)32(37-36(42)44-23-26-11-8-7-9-12-26)35(41)39-22-10-13-31(39)33(40)38-34(25(3)4)47(43,45-27-14-18-29(48-5)19-15-27)46-28-16-20-30(49-6)21-17-28/h7-9,11-12,14-21,24-25,31-32,34H,10,13,22-23H2,1-6H3,(H,37,42)(H,38,40). The third-order valence-corrected chi connectivity index (χ3v) is 11.9. The average Bonchev–Trinajstić information content (AvgIpc) is 3.59. The predicted octanol–water partition coefficient (Wildman–Crippen LogP) is 7.82. The molecule has 264 valence electrons. The summed E-state index contributed by atoms with van der Waals surface area (Å²) in [5.74, 6) is -1.88. The molecule has 4 rings (SSSR count). The highest BCUT2D eigenvalue weighted by molar-refractivity contribution is 7.98. The third-order valence-electron chi connectivity index (χ3n) is 8.10. The number of hydrogen-bond donors (Lipinski definition) is 2. The molecule has 0 spiro atoms. The number of rotatable bonds is 15. The van der Waals surface area contributed by atoms with Gasteiger partial charge in [-0.05, 0) is 91.3 Å². The number of alkyl carbamates (subject to hydrolysis) is 1. The summed E-state index contributed by atoms with van der Waals surface area (Å²) in [6.45, 7) is 7.70. The van der Waals surface area contributed by atoms with Crippen molar-refractivity contribution in [1.29, 1.82) is 0 Å². The Bertz CT molecular complexity index is 1540. The van der Waals surface area contributed by atoms with Crippen molar-refractivity contribution >= 4 is 49.0 Å². The lowest BCUT2D eigenvalue weighted by Crippen LogP contribution is -2.56. The molecule has 3 aromatic carbocycles. The van der Waals surface area contributed by atoms with Crippen molar-refractivity contribution in [3.05, 3.63) is 84.4 Å². The van der Waals surface area contributed by atoms with E-state index in [1.54, 1.807) is 47.8 Å². The van der Waals surface area contributed by atoms with Crippen LogP contribution in [0.4, 0.5) is 4.79 Å². The highest BCUT2D eigenvalue weighted by Crippen LogP contribution is 2.54. The predicted molar refractivity (Wildman–Crippen MR) is 195 cm³/mol.